The molecule has 3 heteroatoms. The van der Waals surface area contributed by atoms with Crippen LogP contribution in [0.15, 0.2) is 36.5 Å². The van der Waals surface area contributed by atoms with Gasteiger partial charge in [-0.1, -0.05) is 0 Å². The molecule has 88 valence electrons. The number of hydrogen-bond acceptors (Lipinski definition) is 3. The summed E-state index contributed by atoms with van der Waals surface area (Å²) in [5.41, 5.74) is 3.01. The number of hydrogen-bond donors (Lipinski definition) is 1. The molecule has 17 heavy (non-hydrogen) atoms. The van der Waals surface area contributed by atoms with Crippen LogP contribution in [-0.4, -0.2) is 16.7 Å². The number of nitrogens with zero attached hydrogens (tertiary/aromatic N) is 1. The van der Waals surface area contributed by atoms with Crippen LogP contribution in [0.3, 0.4) is 0 Å². The Morgan fingerprint density at radius 3 is 2.65 bits per heavy atom. The molecule has 1 N–H and O–H groups in total. The van der Waals surface area contributed by atoms with E-state index >= 15 is 0 Å². The molecule has 0 aliphatic rings. The predicted octanol–water partition coefficient (Wildman–Crippen LogP) is 3.16. The van der Waals surface area contributed by atoms with Gasteiger partial charge in [-0.25, -0.2) is 0 Å². The Labute approximate surface area is 101 Å². The van der Waals surface area contributed by atoms with E-state index in [2.05, 4.69) is 4.98 Å². The Balaban J connectivity index is 2.36. The zero-order chi connectivity index (χ0) is 12.3. The first-order valence-electron chi connectivity index (χ1n) is 5.59. The average Bonchev–Trinajstić information content (AvgIpc) is 2.31. The summed E-state index contributed by atoms with van der Waals surface area (Å²) >= 11 is 0. The minimum atomic E-state index is 0.178. The van der Waals surface area contributed by atoms with Crippen molar-refractivity contribution in [2.45, 2.75) is 13.8 Å². The maximum atomic E-state index is 9.20. The third-order valence-corrected chi connectivity index (χ3v) is 2.53. The third kappa shape index (κ3) is 2.56. The van der Waals surface area contributed by atoms with Crippen molar-refractivity contribution in [2.75, 3.05) is 6.61 Å². The molecular formula is C14H15NO2. The number of ether oxygens (including phenoxy) is 1. The first kappa shape index (κ1) is 11.5. The van der Waals surface area contributed by atoms with Gasteiger partial charge in [0.2, 0.25) is 0 Å². The Kier molecular flexibility index (Phi) is 3.28. The highest BCUT2D eigenvalue weighted by Gasteiger charge is 2.04. The molecule has 3 nitrogen and oxygen atoms in total. The summed E-state index contributed by atoms with van der Waals surface area (Å²) in [4.78, 5) is 4.19. The lowest BCUT2D eigenvalue weighted by Gasteiger charge is -2.08. The van der Waals surface area contributed by atoms with Crippen molar-refractivity contribution in [2.24, 2.45) is 0 Å². The van der Waals surface area contributed by atoms with E-state index in [1.165, 1.54) is 6.20 Å². The highest BCUT2D eigenvalue weighted by molar-refractivity contribution is 5.64. The lowest BCUT2D eigenvalue weighted by molar-refractivity contribution is 0.340. The highest BCUT2D eigenvalue weighted by atomic mass is 16.5. The molecule has 0 aliphatic carbocycles. The maximum absolute atomic E-state index is 9.20. The van der Waals surface area contributed by atoms with Crippen molar-refractivity contribution in [3.05, 3.63) is 42.1 Å². The SMILES string of the molecule is CCOc1ccc(-c2ccc(O)cn2)c(C)c1. The number of aromatic nitrogens is 1. The number of aromatic hydroxyl groups is 1. The van der Waals surface area contributed by atoms with E-state index in [1.807, 2.05) is 32.0 Å². The summed E-state index contributed by atoms with van der Waals surface area (Å²) in [5.74, 6) is 1.05. The molecule has 0 saturated heterocycles. The van der Waals surface area contributed by atoms with Gasteiger partial charge >= 0.3 is 0 Å². The second kappa shape index (κ2) is 4.87. The lowest BCUT2D eigenvalue weighted by Crippen LogP contribution is -1.93. The second-order valence-corrected chi connectivity index (χ2v) is 3.81. The van der Waals surface area contributed by atoms with E-state index < -0.39 is 0 Å². The molecule has 0 saturated carbocycles. The van der Waals surface area contributed by atoms with Crippen molar-refractivity contribution in [1.29, 1.82) is 0 Å². The van der Waals surface area contributed by atoms with Crippen LogP contribution in [0.1, 0.15) is 12.5 Å². The zero-order valence-corrected chi connectivity index (χ0v) is 9.97. The van der Waals surface area contributed by atoms with Gasteiger partial charge in [0.25, 0.3) is 0 Å². The van der Waals surface area contributed by atoms with E-state index in [1.54, 1.807) is 12.1 Å². The molecule has 0 amide bonds. The Morgan fingerprint density at radius 1 is 1.24 bits per heavy atom. The lowest BCUT2D eigenvalue weighted by atomic mass is 10.0. The van der Waals surface area contributed by atoms with Crippen molar-refractivity contribution >= 4 is 0 Å². The monoisotopic (exact) mass is 229 g/mol. The normalized spacial score (nSPS) is 10.2. The van der Waals surface area contributed by atoms with E-state index in [-0.39, 0.29) is 5.75 Å². The van der Waals surface area contributed by atoms with Crippen molar-refractivity contribution in [1.82, 2.24) is 4.98 Å². The second-order valence-electron chi connectivity index (χ2n) is 3.81. The minimum Gasteiger partial charge on any atom is -0.506 e. The molecule has 1 aromatic heterocycles. The van der Waals surface area contributed by atoms with Crippen molar-refractivity contribution < 1.29 is 9.84 Å². The average molecular weight is 229 g/mol. The molecule has 1 heterocycles. The minimum absolute atomic E-state index is 0.178. The van der Waals surface area contributed by atoms with Gasteiger partial charge < -0.3 is 9.84 Å². The fourth-order valence-corrected chi connectivity index (χ4v) is 1.73. The first-order chi connectivity index (χ1) is 8.20. The van der Waals surface area contributed by atoms with Crippen LogP contribution in [0.5, 0.6) is 11.5 Å². The first-order valence-corrected chi connectivity index (χ1v) is 5.59. The van der Waals surface area contributed by atoms with Crippen LogP contribution < -0.4 is 4.74 Å². The van der Waals surface area contributed by atoms with Crippen LogP contribution in [0.2, 0.25) is 0 Å². The number of aryl methyl sites for hydroxylation is 1. The smallest absolute Gasteiger partial charge is 0.133 e. The molecule has 2 rings (SSSR count). The van der Waals surface area contributed by atoms with Crippen LogP contribution in [0, 0.1) is 6.92 Å². The van der Waals surface area contributed by atoms with E-state index in [4.69, 9.17) is 4.74 Å². The van der Waals surface area contributed by atoms with Crippen molar-refractivity contribution in [3.8, 4) is 22.8 Å². The van der Waals surface area contributed by atoms with Gasteiger partial charge in [0.1, 0.15) is 11.5 Å². The summed E-state index contributed by atoms with van der Waals surface area (Å²) in [6, 6.07) is 9.35. The summed E-state index contributed by atoms with van der Waals surface area (Å²) in [5, 5.41) is 9.20. The van der Waals surface area contributed by atoms with Gasteiger partial charge in [-0.15, -0.1) is 0 Å². The molecule has 0 aliphatic heterocycles. The van der Waals surface area contributed by atoms with E-state index in [0.717, 1.165) is 22.6 Å². The summed E-state index contributed by atoms with van der Waals surface area (Å²) in [6.45, 7) is 4.65. The van der Waals surface area contributed by atoms with Gasteiger partial charge in [0, 0.05) is 5.56 Å². The summed E-state index contributed by atoms with van der Waals surface area (Å²) < 4.78 is 5.44. The van der Waals surface area contributed by atoms with Gasteiger partial charge in [-0.2, -0.15) is 0 Å². The van der Waals surface area contributed by atoms with Crippen LogP contribution in [-0.2, 0) is 0 Å². The fourth-order valence-electron chi connectivity index (χ4n) is 1.73. The van der Waals surface area contributed by atoms with Gasteiger partial charge in [0.15, 0.2) is 0 Å². The molecule has 1 aromatic carbocycles. The van der Waals surface area contributed by atoms with Gasteiger partial charge in [-0.3, -0.25) is 4.98 Å². The third-order valence-electron chi connectivity index (χ3n) is 2.53. The Morgan fingerprint density at radius 2 is 2.06 bits per heavy atom. The van der Waals surface area contributed by atoms with Crippen LogP contribution in [0.25, 0.3) is 11.3 Å². The molecule has 2 aromatic rings. The molecular weight excluding hydrogens is 214 g/mol. The molecule has 0 unspecified atom stereocenters. The zero-order valence-electron chi connectivity index (χ0n) is 9.97. The maximum Gasteiger partial charge on any atom is 0.133 e. The summed E-state index contributed by atoms with van der Waals surface area (Å²) in [6.07, 6.45) is 1.45. The Bertz CT molecular complexity index is 506. The van der Waals surface area contributed by atoms with Crippen LogP contribution in [0.4, 0.5) is 0 Å². The standard InChI is InChI=1S/C14H15NO2/c1-3-17-12-5-6-13(10(2)8-12)14-7-4-11(16)9-15-14/h4-9,16H,3H2,1-2H3. The summed E-state index contributed by atoms with van der Waals surface area (Å²) in [7, 11) is 0. The Hall–Kier alpha value is -2.03. The van der Waals surface area contributed by atoms with Crippen LogP contribution >= 0.6 is 0 Å². The van der Waals surface area contributed by atoms with E-state index in [9.17, 15) is 5.11 Å². The van der Waals surface area contributed by atoms with Crippen molar-refractivity contribution in [3.63, 3.8) is 0 Å². The fraction of sp³-hybridized carbons (Fsp3) is 0.214. The van der Waals surface area contributed by atoms with Gasteiger partial charge in [0.05, 0.1) is 18.5 Å². The number of benzene rings is 1. The molecule has 0 bridgehead atoms. The number of rotatable bonds is 3. The van der Waals surface area contributed by atoms with E-state index in [0.29, 0.717) is 6.61 Å². The van der Waals surface area contributed by atoms with Gasteiger partial charge in [-0.05, 0) is 49.7 Å². The molecule has 0 fully saturated rings. The molecule has 0 spiro atoms. The quantitative estimate of drug-likeness (QED) is 0.879. The highest BCUT2D eigenvalue weighted by Crippen LogP contribution is 2.26. The molecule has 0 atom stereocenters. The topological polar surface area (TPSA) is 42.4 Å². The predicted molar refractivity (Wildman–Crippen MR) is 67.2 cm³/mol. The largest absolute Gasteiger partial charge is 0.506 e. The molecule has 0 radical (unpaired) electrons. The number of pyridine rings is 1.